The van der Waals surface area contributed by atoms with Crippen LogP contribution < -0.4 is 5.32 Å². The normalized spacial score (nSPS) is 10.4. The first kappa shape index (κ1) is 21.6. The summed E-state index contributed by atoms with van der Waals surface area (Å²) in [7, 11) is 2.37. The van der Waals surface area contributed by atoms with Crippen molar-refractivity contribution in [3.63, 3.8) is 0 Å². The van der Waals surface area contributed by atoms with Crippen molar-refractivity contribution in [1.29, 1.82) is 0 Å². The van der Waals surface area contributed by atoms with E-state index in [9.17, 15) is 19.2 Å². The molecular weight excluding hydrogens is 406 g/mol. The Morgan fingerprint density at radius 3 is 2.10 bits per heavy atom. The van der Waals surface area contributed by atoms with E-state index in [-0.39, 0.29) is 22.6 Å². The molecule has 2 aromatic carbocycles. The summed E-state index contributed by atoms with van der Waals surface area (Å²) in [5.41, 5.74) is 1.34. The van der Waals surface area contributed by atoms with E-state index in [1.807, 2.05) is 12.1 Å². The Morgan fingerprint density at radius 1 is 0.903 bits per heavy atom. The van der Waals surface area contributed by atoms with E-state index >= 15 is 0 Å². The van der Waals surface area contributed by atoms with Gasteiger partial charge in [-0.1, -0.05) is 18.2 Å². The monoisotopic (exact) mass is 425 g/mol. The minimum atomic E-state index is -0.789. The molecule has 9 heteroatoms. The van der Waals surface area contributed by atoms with Crippen molar-refractivity contribution >= 4 is 40.5 Å². The third-order valence-corrected chi connectivity index (χ3v) is 4.42. The first-order valence-electron chi connectivity index (χ1n) is 9.11. The number of esters is 3. The van der Waals surface area contributed by atoms with Crippen LogP contribution in [0.25, 0.3) is 11.0 Å². The third-order valence-electron chi connectivity index (χ3n) is 4.42. The quantitative estimate of drug-likeness (QED) is 0.472. The highest BCUT2D eigenvalue weighted by Gasteiger charge is 2.20. The lowest BCUT2D eigenvalue weighted by Gasteiger charge is -2.10. The van der Waals surface area contributed by atoms with Crippen LogP contribution in [0.5, 0.6) is 0 Å². The number of amides is 1. The van der Waals surface area contributed by atoms with Gasteiger partial charge in [0.1, 0.15) is 5.58 Å². The number of furan rings is 1. The predicted octanol–water partition coefficient (Wildman–Crippen LogP) is 3.11. The van der Waals surface area contributed by atoms with Gasteiger partial charge in [-0.2, -0.15) is 0 Å². The maximum absolute atomic E-state index is 12.3. The van der Waals surface area contributed by atoms with Gasteiger partial charge in [-0.25, -0.2) is 14.4 Å². The molecule has 1 heterocycles. The summed E-state index contributed by atoms with van der Waals surface area (Å²) in [5.74, 6) is -2.86. The molecule has 0 unspecified atom stereocenters. The second kappa shape index (κ2) is 9.12. The zero-order valence-corrected chi connectivity index (χ0v) is 17.0. The molecule has 3 rings (SSSR count). The number of anilines is 1. The first-order valence-corrected chi connectivity index (χ1v) is 9.11. The Balaban J connectivity index is 1.71. The molecule has 9 nitrogen and oxygen atoms in total. The molecule has 1 N–H and O–H groups in total. The molecule has 0 aliphatic rings. The van der Waals surface area contributed by atoms with Crippen LogP contribution in [0.1, 0.15) is 36.8 Å². The van der Waals surface area contributed by atoms with E-state index in [1.165, 1.54) is 32.4 Å². The second-order valence-electron chi connectivity index (χ2n) is 6.46. The van der Waals surface area contributed by atoms with Crippen LogP contribution in [0.4, 0.5) is 5.69 Å². The summed E-state index contributed by atoms with van der Waals surface area (Å²) < 4.78 is 19.8. The number of fused-ring (bicyclic) bond motifs is 1. The number of hydrogen-bond acceptors (Lipinski definition) is 8. The van der Waals surface area contributed by atoms with Gasteiger partial charge in [0.2, 0.25) is 5.76 Å². The van der Waals surface area contributed by atoms with Crippen LogP contribution >= 0.6 is 0 Å². The van der Waals surface area contributed by atoms with Crippen LogP contribution in [0, 0.1) is 6.92 Å². The van der Waals surface area contributed by atoms with Crippen molar-refractivity contribution in [2.24, 2.45) is 0 Å². The van der Waals surface area contributed by atoms with E-state index in [4.69, 9.17) is 9.15 Å². The van der Waals surface area contributed by atoms with Gasteiger partial charge in [0.15, 0.2) is 6.61 Å². The summed E-state index contributed by atoms with van der Waals surface area (Å²) in [6.45, 7) is 1.11. The highest BCUT2D eigenvalue weighted by Crippen LogP contribution is 2.25. The molecule has 0 aliphatic heterocycles. The van der Waals surface area contributed by atoms with Crippen molar-refractivity contribution in [3.8, 4) is 0 Å². The highest BCUT2D eigenvalue weighted by atomic mass is 16.5. The lowest BCUT2D eigenvalue weighted by molar-refractivity contribution is -0.119. The van der Waals surface area contributed by atoms with Gasteiger partial charge in [0.25, 0.3) is 5.91 Å². The molecule has 0 aliphatic carbocycles. The van der Waals surface area contributed by atoms with Crippen molar-refractivity contribution in [3.05, 3.63) is 64.9 Å². The number of hydrogen-bond donors (Lipinski definition) is 1. The fourth-order valence-corrected chi connectivity index (χ4v) is 2.93. The molecular formula is C22H19NO8. The van der Waals surface area contributed by atoms with Crippen LogP contribution in [0.15, 0.2) is 46.9 Å². The SMILES string of the molecule is COC(=O)c1cc(NC(=O)COC(=O)c2oc3ccccc3c2C)cc(C(=O)OC)c1. The topological polar surface area (TPSA) is 121 Å². The lowest BCUT2D eigenvalue weighted by Crippen LogP contribution is -2.21. The van der Waals surface area contributed by atoms with Gasteiger partial charge in [0, 0.05) is 16.6 Å². The van der Waals surface area contributed by atoms with E-state index in [1.54, 1.807) is 19.1 Å². The minimum Gasteiger partial charge on any atom is -0.465 e. The van der Waals surface area contributed by atoms with Crippen molar-refractivity contribution < 1.29 is 37.8 Å². The van der Waals surface area contributed by atoms with E-state index in [2.05, 4.69) is 14.8 Å². The molecule has 0 fully saturated rings. The smallest absolute Gasteiger partial charge is 0.375 e. The molecule has 31 heavy (non-hydrogen) atoms. The minimum absolute atomic E-state index is 0.00895. The largest absolute Gasteiger partial charge is 0.465 e. The number of ether oxygens (including phenoxy) is 3. The maximum atomic E-state index is 12.3. The molecule has 0 spiro atoms. The standard InChI is InChI=1S/C22H19NO8/c1-12-16-6-4-5-7-17(16)31-19(12)22(27)30-11-18(24)23-15-9-13(20(25)28-2)8-14(10-15)21(26)29-3/h4-10H,11H2,1-3H3,(H,23,24). The molecule has 160 valence electrons. The first-order chi connectivity index (χ1) is 14.8. The summed E-state index contributed by atoms with van der Waals surface area (Å²) >= 11 is 0. The van der Waals surface area contributed by atoms with Crippen LogP contribution in [-0.2, 0) is 19.0 Å². The molecule has 1 aromatic heterocycles. The molecule has 3 aromatic rings. The molecule has 0 bridgehead atoms. The Hall–Kier alpha value is -4.14. The van der Waals surface area contributed by atoms with Crippen molar-refractivity contribution in [2.75, 3.05) is 26.1 Å². The number of nitrogens with one attached hydrogen (secondary N) is 1. The van der Waals surface area contributed by atoms with Gasteiger partial charge in [-0.05, 0) is 31.2 Å². The average Bonchev–Trinajstić information content (AvgIpc) is 3.12. The Labute approximate surface area is 176 Å². The summed E-state index contributed by atoms with van der Waals surface area (Å²) in [5, 5.41) is 3.24. The number of carbonyl (C=O) groups excluding carboxylic acids is 4. The summed E-state index contributed by atoms with van der Waals surface area (Å²) in [6, 6.07) is 11.0. The third kappa shape index (κ3) is 4.72. The van der Waals surface area contributed by atoms with Gasteiger partial charge < -0.3 is 23.9 Å². The zero-order chi connectivity index (χ0) is 22.5. The van der Waals surface area contributed by atoms with Crippen molar-refractivity contribution in [1.82, 2.24) is 0 Å². The van der Waals surface area contributed by atoms with Gasteiger partial charge in [-0.3, -0.25) is 4.79 Å². The van der Waals surface area contributed by atoms with Crippen LogP contribution in [0.3, 0.4) is 0 Å². The van der Waals surface area contributed by atoms with Crippen LogP contribution in [0.2, 0.25) is 0 Å². The molecule has 1 amide bonds. The summed E-state index contributed by atoms with van der Waals surface area (Å²) in [6.07, 6.45) is 0. The van der Waals surface area contributed by atoms with E-state index in [0.29, 0.717) is 11.1 Å². The fourth-order valence-electron chi connectivity index (χ4n) is 2.93. The summed E-state index contributed by atoms with van der Waals surface area (Å²) in [4.78, 5) is 48.2. The average molecular weight is 425 g/mol. The number of aryl methyl sites for hydroxylation is 1. The van der Waals surface area contributed by atoms with Gasteiger partial charge in [0.05, 0.1) is 25.3 Å². The number of rotatable bonds is 6. The number of carbonyl (C=O) groups is 4. The highest BCUT2D eigenvalue weighted by molar-refractivity contribution is 6.01. The molecule has 0 saturated heterocycles. The van der Waals surface area contributed by atoms with Crippen molar-refractivity contribution in [2.45, 2.75) is 6.92 Å². The number of methoxy groups -OCH3 is 2. The Kier molecular flexibility index (Phi) is 6.35. The van der Waals surface area contributed by atoms with Crippen LogP contribution in [-0.4, -0.2) is 44.6 Å². The number of para-hydroxylation sites is 1. The van der Waals surface area contributed by atoms with E-state index in [0.717, 1.165) is 5.39 Å². The Morgan fingerprint density at radius 2 is 1.52 bits per heavy atom. The second-order valence-corrected chi connectivity index (χ2v) is 6.46. The molecule has 0 saturated carbocycles. The van der Waals surface area contributed by atoms with E-state index < -0.39 is 30.4 Å². The Bertz CT molecular complexity index is 1140. The van der Waals surface area contributed by atoms with Gasteiger partial charge >= 0.3 is 17.9 Å². The molecule has 0 atom stereocenters. The lowest BCUT2D eigenvalue weighted by atomic mass is 10.1. The number of benzene rings is 2. The van der Waals surface area contributed by atoms with Gasteiger partial charge in [-0.15, -0.1) is 0 Å². The molecule has 0 radical (unpaired) electrons. The predicted molar refractivity (Wildman–Crippen MR) is 109 cm³/mol. The zero-order valence-electron chi connectivity index (χ0n) is 17.0. The fraction of sp³-hybridized carbons (Fsp3) is 0.182. The maximum Gasteiger partial charge on any atom is 0.375 e.